The second-order valence-electron chi connectivity index (χ2n) is 5.41. The number of rotatable bonds is 4. The Bertz CT molecular complexity index is 572. The minimum absolute atomic E-state index is 0.506. The van der Waals surface area contributed by atoms with E-state index >= 15 is 0 Å². The zero-order valence-corrected chi connectivity index (χ0v) is 13.1. The molecule has 0 spiro atoms. The molecule has 2 aliphatic heterocycles. The highest BCUT2D eigenvalue weighted by Gasteiger charge is 2.59. The highest BCUT2D eigenvalue weighted by Crippen LogP contribution is 2.40. The molecular formula is C11H15F3O8S. The Kier molecular flexibility index (Phi) is 4.67. The van der Waals surface area contributed by atoms with E-state index in [0.717, 1.165) is 6.92 Å². The van der Waals surface area contributed by atoms with Gasteiger partial charge in [0.2, 0.25) is 0 Å². The molecule has 2 aliphatic rings. The standard InChI is InChI=1S/C11H15F3O8S/c1-5(15)18-4-6-7(22-23(16,17)11(12,13)14)8-9(19-6)21-10(2,3)20-8/h6-9H,4H2,1-3H3. The van der Waals surface area contributed by atoms with E-state index in [1.165, 1.54) is 13.8 Å². The lowest BCUT2D eigenvalue weighted by Gasteiger charge is -2.25. The van der Waals surface area contributed by atoms with Crippen molar-refractivity contribution in [3.63, 3.8) is 0 Å². The Balaban J connectivity index is 2.20. The maximum absolute atomic E-state index is 12.5. The monoisotopic (exact) mass is 364 g/mol. The van der Waals surface area contributed by atoms with Crippen molar-refractivity contribution in [2.75, 3.05) is 6.61 Å². The molecule has 0 aromatic heterocycles. The van der Waals surface area contributed by atoms with Crippen LogP contribution in [0, 0.1) is 0 Å². The second-order valence-corrected chi connectivity index (χ2v) is 6.97. The van der Waals surface area contributed by atoms with E-state index in [1.54, 1.807) is 0 Å². The van der Waals surface area contributed by atoms with E-state index in [-0.39, 0.29) is 0 Å². The molecule has 12 heteroatoms. The maximum atomic E-state index is 12.5. The van der Waals surface area contributed by atoms with Crippen molar-refractivity contribution in [3.05, 3.63) is 0 Å². The van der Waals surface area contributed by atoms with Gasteiger partial charge < -0.3 is 18.9 Å². The number of ether oxygens (including phenoxy) is 4. The summed E-state index contributed by atoms with van der Waals surface area (Å²) in [6.07, 6.45) is -5.32. The smallest absolute Gasteiger partial charge is 0.463 e. The number of carbonyl (C=O) groups excluding carboxylic acids is 1. The van der Waals surface area contributed by atoms with Gasteiger partial charge in [0.15, 0.2) is 12.1 Å². The molecule has 0 bridgehead atoms. The van der Waals surface area contributed by atoms with Gasteiger partial charge in [0, 0.05) is 6.92 Å². The van der Waals surface area contributed by atoms with Crippen LogP contribution in [0.4, 0.5) is 13.2 Å². The number of esters is 1. The van der Waals surface area contributed by atoms with Crippen LogP contribution in [0.15, 0.2) is 0 Å². The van der Waals surface area contributed by atoms with Crippen LogP contribution < -0.4 is 0 Å². The van der Waals surface area contributed by atoms with Crippen LogP contribution in [0.3, 0.4) is 0 Å². The lowest BCUT2D eigenvalue weighted by Crippen LogP contribution is -2.43. The SMILES string of the molecule is CC(=O)OCC1OC2OC(C)(C)OC2C1OS(=O)(=O)C(F)(F)F. The summed E-state index contributed by atoms with van der Waals surface area (Å²) >= 11 is 0. The number of hydrogen-bond donors (Lipinski definition) is 0. The van der Waals surface area contributed by atoms with E-state index in [9.17, 15) is 26.4 Å². The molecule has 0 amide bonds. The number of alkyl halides is 3. The van der Waals surface area contributed by atoms with Crippen LogP contribution in [0.1, 0.15) is 20.8 Å². The van der Waals surface area contributed by atoms with Gasteiger partial charge in [0.05, 0.1) is 0 Å². The highest BCUT2D eigenvalue weighted by molar-refractivity contribution is 7.87. The number of hydrogen-bond acceptors (Lipinski definition) is 8. The van der Waals surface area contributed by atoms with Gasteiger partial charge in [-0.3, -0.25) is 8.98 Å². The van der Waals surface area contributed by atoms with Gasteiger partial charge >= 0.3 is 21.6 Å². The van der Waals surface area contributed by atoms with Crippen LogP contribution >= 0.6 is 0 Å². The first-order chi connectivity index (χ1) is 10.3. The molecule has 4 atom stereocenters. The Morgan fingerprint density at radius 3 is 2.39 bits per heavy atom. The van der Waals surface area contributed by atoms with Gasteiger partial charge in [-0.15, -0.1) is 0 Å². The van der Waals surface area contributed by atoms with Gasteiger partial charge in [-0.25, -0.2) is 0 Å². The Morgan fingerprint density at radius 2 is 1.87 bits per heavy atom. The lowest BCUT2D eigenvalue weighted by molar-refractivity contribution is -0.218. The molecule has 4 unspecified atom stereocenters. The lowest BCUT2D eigenvalue weighted by atomic mass is 10.1. The molecule has 2 heterocycles. The van der Waals surface area contributed by atoms with Crippen molar-refractivity contribution < 1.29 is 49.5 Å². The zero-order valence-electron chi connectivity index (χ0n) is 12.3. The summed E-state index contributed by atoms with van der Waals surface area (Å²) in [7, 11) is -5.88. The van der Waals surface area contributed by atoms with Crippen LogP contribution in [-0.2, 0) is 38.0 Å². The van der Waals surface area contributed by atoms with Crippen molar-refractivity contribution in [1.29, 1.82) is 0 Å². The number of fused-ring (bicyclic) bond motifs is 1. The van der Waals surface area contributed by atoms with Crippen LogP contribution in [0.5, 0.6) is 0 Å². The largest absolute Gasteiger partial charge is 0.523 e. The molecular weight excluding hydrogens is 349 g/mol. The Morgan fingerprint density at radius 1 is 1.26 bits per heavy atom. The predicted octanol–water partition coefficient (Wildman–Crippen LogP) is 0.661. The summed E-state index contributed by atoms with van der Waals surface area (Å²) in [5.74, 6) is -1.91. The van der Waals surface area contributed by atoms with Gasteiger partial charge in [-0.1, -0.05) is 0 Å². The fraction of sp³-hybridized carbons (Fsp3) is 0.909. The molecule has 0 N–H and O–H groups in total. The zero-order chi connectivity index (χ0) is 17.6. The van der Waals surface area contributed by atoms with Crippen LogP contribution in [0.2, 0.25) is 0 Å². The summed E-state index contributed by atoms with van der Waals surface area (Å²) in [6.45, 7) is 3.53. The minimum atomic E-state index is -5.88. The fourth-order valence-electron chi connectivity index (χ4n) is 2.20. The first-order valence-corrected chi connectivity index (χ1v) is 7.87. The maximum Gasteiger partial charge on any atom is 0.523 e. The van der Waals surface area contributed by atoms with Crippen molar-refractivity contribution >= 4 is 16.1 Å². The van der Waals surface area contributed by atoms with E-state index in [4.69, 9.17) is 14.2 Å². The molecule has 0 aliphatic carbocycles. The van der Waals surface area contributed by atoms with Gasteiger partial charge in [-0.2, -0.15) is 21.6 Å². The normalized spacial score (nSPS) is 33.5. The number of halogens is 3. The minimum Gasteiger partial charge on any atom is -0.463 e. The third-order valence-electron chi connectivity index (χ3n) is 3.06. The highest BCUT2D eigenvalue weighted by atomic mass is 32.2. The first kappa shape index (κ1) is 18.4. The van der Waals surface area contributed by atoms with Crippen molar-refractivity contribution in [3.8, 4) is 0 Å². The molecule has 2 saturated heterocycles. The number of carbonyl (C=O) groups is 1. The first-order valence-electron chi connectivity index (χ1n) is 6.46. The molecule has 0 radical (unpaired) electrons. The van der Waals surface area contributed by atoms with Crippen molar-refractivity contribution in [2.24, 2.45) is 0 Å². The van der Waals surface area contributed by atoms with Gasteiger partial charge in [0.25, 0.3) is 0 Å². The quantitative estimate of drug-likeness (QED) is 0.408. The molecule has 0 aromatic rings. The molecule has 0 aromatic carbocycles. The van der Waals surface area contributed by atoms with Gasteiger partial charge in [-0.05, 0) is 13.8 Å². The van der Waals surface area contributed by atoms with E-state index in [0.29, 0.717) is 0 Å². The third-order valence-corrected chi connectivity index (χ3v) is 4.10. The van der Waals surface area contributed by atoms with Crippen molar-refractivity contribution in [1.82, 2.24) is 0 Å². The summed E-state index contributed by atoms with van der Waals surface area (Å²) in [4.78, 5) is 10.8. The topological polar surface area (TPSA) is 97.4 Å². The third kappa shape index (κ3) is 3.94. The van der Waals surface area contributed by atoms with Gasteiger partial charge in [0.1, 0.15) is 24.9 Å². The molecule has 23 heavy (non-hydrogen) atoms. The average Bonchev–Trinajstić information content (AvgIpc) is 2.79. The molecule has 8 nitrogen and oxygen atoms in total. The molecule has 2 rings (SSSR count). The molecule has 134 valence electrons. The van der Waals surface area contributed by atoms with E-state index in [2.05, 4.69) is 8.92 Å². The molecule has 2 fully saturated rings. The summed E-state index contributed by atoms with van der Waals surface area (Å²) in [5, 5.41) is 0. The molecule has 0 saturated carbocycles. The van der Waals surface area contributed by atoms with E-state index in [1.807, 2.05) is 0 Å². The summed E-state index contributed by atoms with van der Waals surface area (Å²) in [5.41, 5.74) is -5.61. The fourth-order valence-corrected chi connectivity index (χ4v) is 2.83. The average molecular weight is 364 g/mol. The predicted molar refractivity (Wildman–Crippen MR) is 65.2 cm³/mol. The van der Waals surface area contributed by atoms with E-state index < -0.39 is 58.6 Å². The summed E-state index contributed by atoms with van der Waals surface area (Å²) < 4.78 is 84.8. The Labute approximate surface area is 129 Å². The Hall–Kier alpha value is -0.950. The second kappa shape index (κ2) is 5.84. The van der Waals surface area contributed by atoms with Crippen LogP contribution in [-0.4, -0.2) is 56.9 Å². The van der Waals surface area contributed by atoms with Crippen molar-refractivity contribution in [2.45, 2.75) is 56.7 Å². The van der Waals surface area contributed by atoms with Crippen LogP contribution in [0.25, 0.3) is 0 Å². The summed E-state index contributed by atoms with van der Waals surface area (Å²) in [6, 6.07) is 0.